The first-order chi connectivity index (χ1) is 4.70. The average Bonchev–Trinajstić information content (AvgIpc) is 2.15. The summed E-state index contributed by atoms with van der Waals surface area (Å²) in [5.41, 5.74) is 0. The molecule has 1 aliphatic rings. The van der Waals surface area contributed by atoms with E-state index in [0.717, 1.165) is 18.9 Å². The lowest BCUT2D eigenvalue weighted by Crippen LogP contribution is -2.24. The van der Waals surface area contributed by atoms with Crippen molar-refractivity contribution in [1.29, 1.82) is 0 Å². The van der Waals surface area contributed by atoms with E-state index in [1.54, 1.807) is 6.92 Å². The van der Waals surface area contributed by atoms with Gasteiger partial charge in [0.25, 0.3) is 0 Å². The number of hydrogen-bond acceptors (Lipinski definition) is 3. The summed E-state index contributed by atoms with van der Waals surface area (Å²) < 4.78 is 0. The molecule has 0 aromatic carbocycles. The molecule has 0 aromatic rings. The van der Waals surface area contributed by atoms with E-state index >= 15 is 0 Å². The molecule has 0 bridgehead atoms. The molecule has 0 unspecified atom stereocenters. The third-order valence-corrected chi connectivity index (χ3v) is 1.58. The second-order valence-electron chi connectivity index (χ2n) is 2.60. The third-order valence-electron chi connectivity index (χ3n) is 1.58. The summed E-state index contributed by atoms with van der Waals surface area (Å²) in [5.74, 6) is 1.13. The highest BCUT2D eigenvalue weighted by Crippen LogP contribution is 2.01. The van der Waals surface area contributed by atoms with Gasteiger partial charge in [0, 0.05) is 13.6 Å². The summed E-state index contributed by atoms with van der Waals surface area (Å²) in [6.45, 7) is 3.40. The van der Waals surface area contributed by atoms with Crippen LogP contribution in [-0.4, -0.2) is 36.7 Å². The van der Waals surface area contributed by atoms with Crippen molar-refractivity contribution in [1.82, 2.24) is 4.90 Å². The van der Waals surface area contributed by atoms with Crippen LogP contribution in [0.5, 0.6) is 0 Å². The van der Waals surface area contributed by atoms with Crippen molar-refractivity contribution >= 4 is 11.6 Å². The molecule has 3 heteroatoms. The van der Waals surface area contributed by atoms with E-state index in [9.17, 15) is 4.79 Å². The van der Waals surface area contributed by atoms with Crippen LogP contribution in [0.4, 0.5) is 0 Å². The van der Waals surface area contributed by atoms with Crippen molar-refractivity contribution in [2.24, 2.45) is 4.99 Å². The van der Waals surface area contributed by atoms with Gasteiger partial charge in [0.1, 0.15) is 11.6 Å². The number of hydrogen-bond donors (Lipinski definition) is 0. The van der Waals surface area contributed by atoms with Crippen LogP contribution >= 0.6 is 0 Å². The molecule has 0 spiro atoms. The molecule has 1 heterocycles. The van der Waals surface area contributed by atoms with Crippen molar-refractivity contribution in [2.45, 2.75) is 13.3 Å². The van der Waals surface area contributed by atoms with Crippen molar-refractivity contribution in [3.8, 4) is 0 Å². The quantitative estimate of drug-likeness (QED) is 0.553. The van der Waals surface area contributed by atoms with E-state index in [2.05, 4.69) is 4.99 Å². The number of rotatable bonds is 2. The number of ketones is 1. The summed E-state index contributed by atoms with van der Waals surface area (Å²) >= 11 is 0. The predicted octanol–water partition coefficient (Wildman–Crippen LogP) is 0.309. The van der Waals surface area contributed by atoms with E-state index in [0.29, 0.717) is 6.42 Å². The predicted molar refractivity (Wildman–Crippen MR) is 40.2 cm³/mol. The molecule has 0 aliphatic carbocycles. The Morgan fingerprint density at radius 3 is 2.90 bits per heavy atom. The molecule has 10 heavy (non-hydrogen) atoms. The molecule has 0 atom stereocenters. The Bertz CT molecular complexity index is 174. The van der Waals surface area contributed by atoms with E-state index in [1.165, 1.54) is 0 Å². The fourth-order valence-electron chi connectivity index (χ4n) is 0.992. The number of aliphatic imine (C=N–C) groups is 1. The normalized spacial score (nSPS) is 17.4. The highest BCUT2D eigenvalue weighted by atomic mass is 16.1. The third kappa shape index (κ3) is 1.56. The lowest BCUT2D eigenvalue weighted by molar-refractivity contribution is -0.115. The molecule has 0 fully saturated rings. The van der Waals surface area contributed by atoms with Gasteiger partial charge in [-0.1, -0.05) is 0 Å². The van der Waals surface area contributed by atoms with E-state index in [1.807, 2.05) is 11.9 Å². The molecule has 1 rings (SSSR count). The Kier molecular flexibility index (Phi) is 2.04. The smallest absolute Gasteiger partial charge is 0.137 e. The minimum Gasteiger partial charge on any atom is -0.361 e. The summed E-state index contributed by atoms with van der Waals surface area (Å²) in [4.78, 5) is 16.8. The van der Waals surface area contributed by atoms with Crippen molar-refractivity contribution < 1.29 is 4.79 Å². The Balaban J connectivity index is 2.47. The molecule has 0 amide bonds. The Morgan fingerprint density at radius 2 is 2.50 bits per heavy atom. The van der Waals surface area contributed by atoms with E-state index in [-0.39, 0.29) is 5.78 Å². The van der Waals surface area contributed by atoms with Crippen LogP contribution in [0, 0.1) is 0 Å². The fraction of sp³-hybridized carbons (Fsp3) is 0.714. The van der Waals surface area contributed by atoms with Crippen LogP contribution in [0.15, 0.2) is 4.99 Å². The van der Waals surface area contributed by atoms with Gasteiger partial charge in [0.15, 0.2) is 0 Å². The zero-order valence-electron chi connectivity index (χ0n) is 6.42. The molecule has 56 valence electrons. The Morgan fingerprint density at radius 1 is 1.80 bits per heavy atom. The molecule has 0 radical (unpaired) electrons. The first-order valence-electron chi connectivity index (χ1n) is 3.44. The second-order valence-corrected chi connectivity index (χ2v) is 2.60. The molecular weight excluding hydrogens is 128 g/mol. The van der Waals surface area contributed by atoms with Gasteiger partial charge in [-0.05, 0) is 6.92 Å². The highest BCUT2D eigenvalue weighted by molar-refractivity contribution is 6.00. The van der Waals surface area contributed by atoms with Crippen LogP contribution in [0.2, 0.25) is 0 Å². The maximum absolute atomic E-state index is 10.6. The van der Waals surface area contributed by atoms with Gasteiger partial charge in [0.05, 0.1) is 13.0 Å². The van der Waals surface area contributed by atoms with Crippen molar-refractivity contribution in [3.63, 3.8) is 0 Å². The zero-order chi connectivity index (χ0) is 7.56. The molecular formula is C7H12N2O. The molecule has 3 nitrogen and oxygen atoms in total. The number of carbonyl (C=O) groups is 1. The van der Waals surface area contributed by atoms with Gasteiger partial charge >= 0.3 is 0 Å². The first-order valence-corrected chi connectivity index (χ1v) is 3.44. The number of nitrogens with zero attached hydrogens (tertiary/aromatic N) is 2. The zero-order valence-corrected chi connectivity index (χ0v) is 6.42. The summed E-state index contributed by atoms with van der Waals surface area (Å²) in [7, 11) is 1.97. The van der Waals surface area contributed by atoms with Crippen LogP contribution < -0.4 is 0 Å². The minimum absolute atomic E-state index is 0.188. The number of likely N-dealkylation sites (N-methyl/N-ethyl adjacent to an activating group) is 1. The monoisotopic (exact) mass is 140 g/mol. The summed E-state index contributed by atoms with van der Waals surface area (Å²) in [5, 5.41) is 0. The maximum atomic E-state index is 10.6. The van der Waals surface area contributed by atoms with Gasteiger partial charge in [0.2, 0.25) is 0 Å². The van der Waals surface area contributed by atoms with Crippen LogP contribution in [0.3, 0.4) is 0 Å². The second kappa shape index (κ2) is 2.82. The fourth-order valence-corrected chi connectivity index (χ4v) is 0.992. The van der Waals surface area contributed by atoms with Crippen molar-refractivity contribution in [3.05, 3.63) is 0 Å². The largest absolute Gasteiger partial charge is 0.361 e. The molecule has 1 aliphatic heterocycles. The average molecular weight is 140 g/mol. The van der Waals surface area contributed by atoms with Crippen molar-refractivity contribution in [2.75, 3.05) is 20.1 Å². The van der Waals surface area contributed by atoms with Crippen LogP contribution in [0.25, 0.3) is 0 Å². The number of Topliss-reactive ketones (excluding diaryl/α,β-unsaturated/α-hetero) is 1. The van der Waals surface area contributed by atoms with E-state index < -0.39 is 0 Å². The van der Waals surface area contributed by atoms with Gasteiger partial charge < -0.3 is 4.90 Å². The van der Waals surface area contributed by atoms with Crippen LogP contribution in [-0.2, 0) is 4.79 Å². The Hall–Kier alpha value is -0.860. The summed E-state index contributed by atoms with van der Waals surface area (Å²) in [6, 6.07) is 0. The number of amidine groups is 1. The van der Waals surface area contributed by atoms with Crippen LogP contribution in [0.1, 0.15) is 13.3 Å². The minimum atomic E-state index is 0.188. The molecule has 0 N–H and O–H groups in total. The highest BCUT2D eigenvalue weighted by Gasteiger charge is 2.12. The van der Waals surface area contributed by atoms with E-state index in [4.69, 9.17) is 0 Å². The SMILES string of the molecule is CC(=O)CC1=NCCN1C. The van der Waals surface area contributed by atoms with Gasteiger partial charge in [-0.25, -0.2) is 0 Å². The molecule has 0 saturated heterocycles. The molecule has 0 aromatic heterocycles. The van der Waals surface area contributed by atoms with Gasteiger partial charge in [-0.2, -0.15) is 0 Å². The lowest BCUT2D eigenvalue weighted by Gasteiger charge is -2.11. The standard InChI is InChI=1S/C7H12N2O/c1-6(10)5-7-8-3-4-9(7)2/h3-5H2,1-2H3. The lowest BCUT2D eigenvalue weighted by atomic mass is 10.3. The Labute approximate surface area is 60.7 Å². The topological polar surface area (TPSA) is 32.7 Å². The van der Waals surface area contributed by atoms with Gasteiger partial charge in [-0.3, -0.25) is 9.79 Å². The molecule has 0 saturated carbocycles. The first kappa shape index (κ1) is 7.25. The summed E-state index contributed by atoms with van der Waals surface area (Å²) in [6.07, 6.45) is 0.497. The van der Waals surface area contributed by atoms with Gasteiger partial charge in [-0.15, -0.1) is 0 Å². The maximum Gasteiger partial charge on any atom is 0.137 e. The number of carbonyl (C=O) groups excluding carboxylic acids is 1.